The number of carbonyl (C=O) groups is 1. The predicted octanol–water partition coefficient (Wildman–Crippen LogP) is 2.12. The Balaban J connectivity index is 3.06. The lowest BCUT2D eigenvalue weighted by Crippen LogP contribution is -2.59. The van der Waals surface area contributed by atoms with E-state index >= 15 is 0 Å². The van der Waals surface area contributed by atoms with Crippen LogP contribution >= 0.6 is 0 Å². The molecule has 0 aromatic carbocycles. The van der Waals surface area contributed by atoms with E-state index in [1.165, 1.54) is 6.92 Å². The van der Waals surface area contributed by atoms with Crippen LogP contribution in [-0.2, 0) is 23.7 Å². The van der Waals surface area contributed by atoms with Gasteiger partial charge in [0.15, 0.2) is 12.4 Å². The van der Waals surface area contributed by atoms with Crippen molar-refractivity contribution in [3.05, 3.63) is 35.8 Å². The van der Waals surface area contributed by atoms with Crippen molar-refractivity contribution in [2.24, 2.45) is 5.11 Å². The number of esters is 1. The summed E-state index contributed by atoms with van der Waals surface area (Å²) in [6.45, 7) is 10.6. The van der Waals surface area contributed by atoms with E-state index in [9.17, 15) is 4.79 Å². The molecule has 1 aliphatic rings. The van der Waals surface area contributed by atoms with E-state index in [1.807, 2.05) is 0 Å². The Hall–Kier alpha value is -1.86. The predicted molar refractivity (Wildman–Crippen MR) is 78.9 cm³/mol. The molecular formula is C14H21N3O5. The average molecular weight is 311 g/mol. The summed E-state index contributed by atoms with van der Waals surface area (Å²) in [6.07, 6.45) is 0.250. The molecule has 1 fully saturated rings. The lowest BCUT2D eigenvalue weighted by molar-refractivity contribution is -0.276. The normalized spacial score (nSPS) is 30.9. The van der Waals surface area contributed by atoms with Crippen LogP contribution in [0.1, 0.15) is 13.8 Å². The van der Waals surface area contributed by atoms with Crippen molar-refractivity contribution < 1.29 is 23.7 Å². The molecule has 1 rings (SSSR count). The third-order valence-corrected chi connectivity index (χ3v) is 3.03. The van der Waals surface area contributed by atoms with Gasteiger partial charge in [-0.1, -0.05) is 17.3 Å². The summed E-state index contributed by atoms with van der Waals surface area (Å²) in [5.41, 5.74) is 8.73. The molecule has 8 heteroatoms. The molecular weight excluding hydrogens is 290 g/mol. The molecule has 1 heterocycles. The summed E-state index contributed by atoms with van der Waals surface area (Å²) in [4.78, 5) is 14.2. The highest BCUT2D eigenvalue weighted by molar-refractivity contribution is 5.66. The highest BCUT2D eigenvalue weighted by Crippen LogP contribution is 2.29. The smallest absolute Gasteiger partial charge is 0.303 e. The second kappa shape index (κ2) is 9.22. The second-order valence-corrected chi connectivity index (χ2v) is 4.69. The van der Waals surface area contributed by atoms with Crippen LogP contribution in [0.15, 0.2) is 30.4 Å². The summed E-state index contributed by atoms with van der Waals surface area (Å²) >= 11 is 0. The third kappa shape index (κ3) is 4.85. The molecule has 1 saturated heterocycles. The monoisotopic (exact) mass is 311 g/mol. The quantitative estimate of drug-likeness (QED) is 0.224. The van der Waals surface area contributed by atoms with Crippen LogP contribution < -0.4 is 0 Å². The standard InChI is InChI=1S/C14H21N3O5/c1-5-7-19-12-11(16-17-15)9(3)21-14(20-8-6-2)13(12)22-10(4)18/h5-6,9,11-14H,1-2,7-8H2,3-4H3/t9-,11-,12+,13+,14+/m1/s1. The minimum atomic E-state index is -0.857. The fraction of sp³-hybridized carbons (Fsp3) is 0.643. The van der Waals surface area contributed by atoms with Gasteiger partial charge in [-0.15, -0.1) is 13.2 Å². The largest absolute Gasteiger partial charge is 0.454 e. The van der Waals surface area contributed by atoms with Crippen LogP contribution in [0.2, 0.25) is 0 Å². The number of nitrogens with zero attached hydrogens (tertiary/aromatic N) is 3. The fourth-order valence-electron chi connectivity index (χ4n) is 2.19. The van der Waals surface area contributed by atoms with Crippen LogP contribution in [-0.4, -0.2) is 49.8 Å². The van der Waals surface area contributed by atoms with E-state index in [2.05, 4.69) is 23.2 Å². The number of rotatable bonds is 8. The molecule has 0 aromatic heterocycles. The van der Waals surface area contributed by atoms with E-state index in [0.29, 0.717) is 0 Å². The third-order valence-electron chi connectivity index (χ3n) is 3.03. The molecule has 0 bridgehead atoms. The van der Waals surface area contributed by atoms with Gasteiger partial charge < -0.3 is 18.9 Å². The highest BCUT2D eigenvalue weighted by atomic mass is 16.7. The molecule has 1 aliphatic heterocycles. The molecule has 0 unspecified atom stereocenters. The molecule has 5 atom stereocenters. The van der Waals surface area contributed by atoms with E-state index in [0.717, 1.165) is 0 Å². The van der Waals surface area contributed by atoms with Crippen molar-refractivity contribution in [3.8, 4) is 0 Å². The number of ether oxygens (including phenoxy) is 4. The first-order chi connectivity index (χ1) is 10.5. The fourth-order valence-corrected chi connectivity index (χ4v) is 2.19. The lowest BCUT2D eigenvalue weighted by Gasteiger charge is -2.42. The van der Waals surface area contributed by atoms with Crippen LogP contribution in [0.4, 0.5) is 0 Å². The first kappa shape index (κ1) is 18.2. The van der Waals surface area contributed by atoms with Crippen molar-refractivity contribution in [2.75, 3.05) is 13.2 Å². The van der Waals surface area contributed by atoms with Crippen molar-refractivity contribution in [3.63, 3.8) is 0 Å². The molecule has 22 heavy (non-hydrogen) atoms. The number of azide groups is 1. The Kier molecular flexibility index (Phi) is 7.62. The van der Waals surface area contributed by atoms with Crippen LogP contribution in [0.3, 0.4) is 0 Å². The Morgan fingerprint density at radius 1 is 1.32 bits per heavy atom. The van der Waals surface area contributed by atoms with Crippen LogP contribution in [0.25, 0.3) is 10.4 Å². The van der Waals surface area contributed by atoms with Gasteiger partial charge in [0.2, 0.25) is 0 Å². The Labute approximate surface area is 129 Å². The summed E-state index contributed by atoms with van der Waals surface area (Å²) in [6, 6.07) is -0.655. The zero-order valence-corrected chi connectivity index (χ0v) is 12.8. The maximum absolute atomic E-state index is 11.4. The Morgan fingerprint density at radius 2 is 1.95 bits per heavy atom. The minimum absolute atomic E-state index is 0.209. The summed E-state index contributed by atoms with van der Waals surface area (Å²) < 4.78 is 22.1. The molecule has 0 aromatic rings. The second-order valence-electron chi connectivity index (χ2n) is 4.69. The first-order valence-corrected chi connectivity index (χ1v) is 6.87. The first-order valence-electron chi connectivity index (χ1n) is 6.87. The molecule has 122 valence electrons. The van der Waals surface area contributed by atoms with E-state index in [1.54, 1.807) is 19.1 Å². The van der Waals surface area contributed by atoms with Gasteiger partial charge in [-0.3, -0.25) is 4.79 Å². The summed E-state index contributed by atoms with van der Waals surface area (Å²) in [5, 5.41) is 3.70. The Bertz CT molecular complexity index is 450. The van der Waals surface area contributed by atoms with Crippen molar-refractivity contribution in [1.82, 2.24) is 0 Å². The van der Waals surface area contributed by atoms with Gasteiger partial charge in [0, 0.05) is 11.8 Å². The zero-order valence-electron chi connectivity index (χ0n) is 12.8. The van der Waals surface area contributed by atoms with E-state index in [-0.39, 0.29) is 13.2 Å². The van der Waals surface area contributed by atoms with Crippen LogP contribution in [0, 0.1) is 0 Å². The SMILES string of the molecule is C=CCO[C@H]1O[C@H](C)[C@@H](N=[N+]=[N-])[C@H](OCC=C)[C@@H]1OC(C)=O. The topological polar surface area (TPSA) is 103 Å². The highest BCUT2D eigenvalue weighted by Gasteiger charge is 2.47. The van der Waals surface area contributed by atoms with Gasteiger partial charge in [-0.05, 0) is 12.5 Å². The van der Waals surface area contributed by atoms with Crippen LogP contribution in [0.5, 0.6) is 0 Å². The van der Waals surface area contributed by atoms with Gasteiger partial charge in [0.25, 0.3) is 0 Å². The van der Waals surface area contributed by atoms with E-state index < -0.39 is 36.6 Å². The Morgan fingerprint density at radius 3 is 2.50 bits per heavy atom. The molecule has 0 N–H and O–H groups in total. The van der Waals surface area contributed by atoms with Gasteiger partial charge in [0.05, 0.1) is 25.4 Å². The van der Waals surface area contributed by atoms with Crippen molar-refractivity contribution >= 4 is 5.97 Å². The maximum Gasteiger partial charge on any atom is 0.303 e. The molecule has 8 nitrogen and oxygen atoms in total. The van der Waals surface area contributed by atoms with Crippen molar-refractivity contribution in [1.29, 1.82) is 0 Å². The van der Waals surface area contributed by atoms with Gasteiger partial charge in [-0.2, -0.15) is 0 Å². The van der Waals surface area contributed by atoms with E-state index in [4.69, 9.17) is 24.5 Å². The molecule has 0 saturated carbocycles. The number of carbonyl (C=O) groups excluding carboxylic acids is 1. The number of hydrogen-bond donors (Lipinski definition) is 0. The number of hydrogen-bond acceptors (Lipinski definition) is 6. The lowest BCUT2D eigenvalue weighted by atomic mass is 9.97. The molecule has 0 radical (unpaired) electrons. The zero-order chi connectivity index (χ0) is 16.5. The summed E-state index contributed by atoms with van der Waals surface area (Å²) in [5.74, 6) is -0.512. The molecule has 0 amide bonds. The maximum atomic E-state index is 11.4. The minimum Gasteiger partial charge on any atom is -0.454 e. The molecule has 0 aliphatic carbocycles. The average Bonchev–Trinajstić information content (AvgIpc) is 2.47. The summed E-state index contributed by atoms with van der Waals surface area (Å²) in [7, 11) is 0. The molecule has 0 spiro atoms. The van der Waals surface area contributed by atoms with Crippen molar-refractivity contribution in [2.45, 2.75) is 44.5 Å². The van der Waals surface area contributed by atoms with Gasteiger partial charge in [-0.25, -0.2) is 0 Å². The van der Waals surface area contributed by atoms with Gasteiger partial charge in [0.1, 0.15) is 6.10 Å². The van der Waals surface area contributed by atoms with Gasteiger partial charge >= 0.3 is 5.97 Å².